The molecule has 0 spiro atoms. The van der Waals surface area contributed by atoms with E-state index in [9.17, 15) is 14.4 Å². The third-order valence-corrected chi connectivity index (χ3v) is 7.10. The number of nitrogens with zero attached hydrogens (tertiary/aromatic N) is 2. The molecule has 2 aliphatic rings. The lowest BCUT2D eigenvalue weighted by Crippen LogP contribution is -2.75. The molecular weight excluding hydrogens is 446 g/mol. The first kappa shape index (κ1) is 24.0. The van der Waals surface area contributed by atoms with Crippen LogP contribution in [0.15, 0.2) is 48.5 Å². The van der Waals surface area contributed by atoms with E-state index >= 15 is 8.78 Å². The molecule has 0 N–H and O–H groups in total. The molecule has 2 saturated heterocycles. The van der Waals surface area contributed by atoms with Gasteiger partial charge in [0.05, 0.1) is 26.3 Å². The van der Waals surface area contributed by atoms with Crippen molar-refractivity contribution in [1.29, 1.82) is 0 Å². The number of carbonyl (C=O) groups is 3. The molecule has 4 rings (SSSR count). The Kier molecular flexibility index (Phi) is 6.03. The molecule has 2 aromatic rings. The van der Waals surface area contributed by atoms with E-state index in [2.05, 4.69) is 0 Å². The number of piperidine rings is 2. The monoisotopic (exact) mass is 472 g/mol. The maximum Gasteiger partial charge on any atom is 0.322 e. The van der Waals surface area contributed by atoms with Gasteiger partial charge in [-0.05, 0) is 26.2 Å². The van der Waals surface area contributed by atoms with Crippen molar-refractivity contribution in [3.05, 3.63) is 71.3 Å². The maximum atomic E-state index is 15.2. The van der Waals surface area contributed by atoms with Gasteiger partial charge in [-0.25, -0.2) is 8.78 Å². The van der Waals surface area contributed by atoms with Crippen molar-refractivity contribution < 1.29 is 32.6 Å². The van der Waals surface area contributed by atoms with Gasteiger partial charge in [-0.15, -0.1) is 0 Å². The number of halogens is 2. The first-order valence-corrected chi connectivity index (χ1v) is 10.8. The van der Waals surface area contributed by atoms with E-state index in [1.165, 1.54) is 36.4 Å². The number of benzene rings is 2. The minimum Gasteiger partial charge on any atom is -0.468 e. The summed E-state index contributed by atoms with van der Waals surface area (Å²) in [4.78, 5) is 44.4. The van der Waals surface area contributed by atoms with Gasteiger partial charge < -0.3 is 14.4 Å². The lowest BCUT2D eigenvalue weighted by Gasteiger charge is -2.60. The van der Waals surface area contributed by atoms with Crippen molar-refractivity contribution in [3.8, 4) is 0 Å². The van der Waals surface area contributed by atoms with E-state index in [0.717, 1.165) is 14.2 Å². The molecule has 34 heavy (non-hydrogen) atoms. The molecule has 0 saturated carbocycles. The van der Waals surface area contributed by atoms with Gasteiger partial charge in [0.2, 0.25) is 0 Å². The molecular formula is C25H26F2N2O5. The average Bonchev–Trinajstić information content (AvgIpc) is 2.82. The Labute approximate surface area is 196 Å². The number of Topliss-reactive ketones (excluding diaryl/α,β-unsaturated/α-hetero) is 1. The smallest absolute Gasteiger partial charge is 0.322 e. The Morgan fingerprint density at radius 1 is 0.824 bits per heavy atom. The summed E-state index contributed by atoms with van der Waals surface area (Å²) in [6.45, 7) is -0.241. The second-order valence-electron chi connectivity index (χ2n) is 8.94. The van der Waals surface area contributed by atoms with Crippen molar-refractivity contribution in [2.75, 3.05) is 41.4 Å². The van der Waals surface area contributed by atoms with E-state index in [0.29, 0.717) is 0 Å². The van der Waals surface area contributed by atoms with Crippen LogP contribution in [0.4, 0.5) is 8.78 Å². The molecule has 4 unspecified atom stereocenters. The summed E-state index contributed by atoms with van der Waals surface area (Å²) in [6, 6.07) is 9.22. The highest BCUT2D eigenvalue weighted by atomic mass is 19.1. The predicted molar refractivity (Wildman–Crippen MR) is 117 cm³/mol. The Morgan fingerprint density at radius 3 is 1.56 bits per heavy atom. The van der Waals surface area contributed by atoms with E-state index in [1.807, 2.05) is 0 Å². The predicted octanol–water partition coefficient (Wildman–Crippen LogP) is 2.53. The number of carbonyl (C=O) groups excluding carboxylic acids is 3. The van der Waals surface area contributed by atoms with Crippen LogP contribution in [0.5, 0.6) is 0 Å². The summed E-state index contributed by atoms with van der Waals surface area (Å²) in [5.41, 5.74) is -3.79. The number of esters is 2. The van der Waals surface area contributed by atoms with Gasteiger partial charge >= 0.3 is 11.9 Å². The quantitative estimate of drug-likeness (QED) is 0.500. The van der Waals surface area contributed by atoms with Crippen molar-refractivity contribution >= 4 is 17.7 Å². The van der Waals surface area contributed by atoms with E-state index in [1.54, 1.807) is 36.0 Å². The van der Waals surface area contributed by atoms with Crippen LogP contribution in [0.3, 0.4) is 0 Å². The van der Waals surface area contributed by atoms with Gasteiger partial charge in [0, 0.05) is 24.2 Å². The molecule has 2 aromatic carbocycles. The average molecular weight is 472 g/mol. The van der Waals surface area contributed by atoms with E-state index in [4.69, 9.17) is 9.47 Å². The maximum absolute atomic E-state index is 15.2. The van der Waals surface area contributed by atoms with Crippen molar-refractivity contribution in [1.82, 2.24) is 9.80 Å². The Morgan fingerprint density at radius 2 is 1.21 bits per heavy atom. The molecule has 0 aromatic heterocycles. The summed E-state index contributed by atoms with van der Waals surface area (Å²) in [5.74, 6) is -3.84. The van der Waals surface area contributed by atoms with Gasteiger partial charge in [0.15, 0.2) is 16.6 Å². The Balaban J connectivity index is 2.12. The number of ether oxygens (including phenoxy) is 2. The highest BCUT2D eigenvalue weighted by Crippen LogP contribution is 2.60. The third kappa shape index (κ3) is 3.10. The lowest BCUT2D eigenvalue weighted by molar-refractivity contribution is -0.202. The number of hydrogen-bond donors (Lipinski definition) is 0. The number of fused-ring (bicyclic) bond motifs is 2. The first-order valence-electron chi connectivity index (χ1n) is 10.8. The Bertz CT molecular complexity index is 1070. The normalized spacial score (nSPS) is 29.5. The van der Waals surface area contributed by atoms with E-state index < -0.39 is 52.3 Å². The molecule has 2 bridgehead atoms. The number of rotatable bonds is 4. The van der Waals surface area contributed by atoms with Crippen molar-refractivity contribution in [2.24, 2.45) is 10.8 Å². The van der Waals surface area contributed by atoms with Crippen LogP contribution in [0.25, 0.3) is 0 Å². The van der Waals surface area contributed by atoms with Gasteiger partial charge in [-0.3, -0.25) is 19.3 Å². The number of hydrogen-bond acceptors (Lipinski definition) is 7. The topological polar surface area (TPSA) is 76.1 Å². The fourth-order valence-electron chi connectivity index (χ4n) is 5.98. The van der Waals surface area contributed by atoms with Gasteiger partial charge in [-0.2, -0.15) is 0 Å². The molecule has 7 nitrogen and oxygen atoms in total. The molecule has 0 radical (unpaired) electrons. The van der Waals surface area contributed by atoms with Crippen LogP contribution in [-0.2, 0) is 23.9 Å². The van der Waals surface area contributed by atoms with E-state index in [-0.39, 0.29) is 24.2 Å². The van der Waals surface area contributed by atoms with Crippen LogP contribution in [0, 0.1) is 22.5 Å². The zero-order valence-electron chi connectivity index (χ0n) is 19.4. The largest absolute Gasteiger partial charge is 0.468 e. The van der Waals surface area contributed by atoms with Crippen LogP contribution < -0.4 is 0 Å². The molecule has 2 aliphatic heterocycles. The highest BCUT2D eigenvalue weighted by molar-refractivity contribution is 6.17. The standard InChI is InChI=1S/C25H26F2N2O5/c1-28-13-24(22(31)33-3)19(15-9-5-7-11-17(15)26)29(2)20(16-10-6-8-12-18(16)27)25(14-28,21(24)30)23(32)34-4/h5-12,19-20H,13-14H2,1-4H3. The first-order chi connectivity index (χ1) is 16.2. The summed E-state index contributed by atoms with van der Waals surface area (Å²) in [5, 5.41) is 0. The molecule has 2 fully saturated rings. The molecule has 9 heteroatoms. The zero-order valence-corrected chi connectivity index (χ0v) is 19.4. The second-order valence-corrected chi connectivity index (χ2v) is 8.94. The number of methoxy groups -OCH3 is 2. The van der Waals surface area contributed by atoms with Gasteiger partial charge in [-0.1, -0.05) is 36.4 Å². The van der Waals surface area contributed by atoms with Crippen molar-refractivity contribution in [2.45, 2.75) is 12.1 Å². The van der Waals surface area contributed by atoms with Crippen molar-refractivity contribution in [3.63, 3.8) is 0 Å². The van der Waals surface area contributed by atoms with Crippen LogP contribution in [0.2, 0.25) is 0 Å². The fraction of sp³-hybridized carbons (Fsp3) is 0.400. The SMILES string of the molecule is COC(=O)C12CN(C)CC(C(=O)OC)(C1=O)C(c1ccccc1F)N(C)C2c1ccccc1F. The minimum absolute atomic E-state index is 0.0684. The summed E-state index contributed by atoms with van der Waals surface area (Å²) < 4.78 is 40.6. The molecule has 0 aliphatic carbocycles. The van der Waals surface area contributed by atoms with Gasteiger partial charge in [0.25, 0.3) is 0 Å². The molecule has 2 heterocycles. The second kappa shape index (κ2) is 8.56. The molecule has 180 valence electrons. The summed E-state index contributed by atoms with van der Waals surface area (Å²) in [7, 11) is 5.48. The number of ketones is 1. The van der Waals surface area contributed by atoms with Crippen LogP contribution in [0.1, 0.15) is 23.2 Å². The Hall–Kier alpha value is -3.17. The lowest BCUT2D eigenvalue weighted by atomic mass is 9.54. The fourth-order valence-corrected chi connectivity index (χ4v) is 5.98. The highest BCUT2D eigenvalue weighted by Gasteiger charge is 2.74. The number of likely N-dealkylation sites (tertiary alicyclic amines) is 2. The minimum atomic E-state index is -1.96. The zero-order chi connectivity index (χ0) is 24.8. The summed E-state index contributed by atoms with van der Waals surface area (Å²) >= 11 is 0. The van der Waals surface area contributed by atoms with Crippen LogP contribution in [-0.4, -0.2) is 68.9 Å². The third-order valence-electron chi connectivity index (χ3n) is 7.10. The summed E-state index contributed by atoms with van der Waals surface area (Å²) in [6.07, 6.45) is 0. The molecule has 4 atom stereocenters. The molecule has 0 amide bonds. The van der Waals surface area contributed by atoms with Gasteiger partial charge in [0.1, 0.15) is 11.6 Å². The van der Waals surface area contributed by atoms with Crippen LogP contribution >= 0.6 is 0 Å².